The van der Waals surface area contributed by atoms with E-state index in [0.717, 1.165) is 12.7 Å². The second-order valence-corrected chi connectivity index (χ2v) is 3.39. The molecule has 0 saturated heterocycles. The quantitative estimate of drug-likeness (QED) is 0.322. The molecule has 0 fully saturated rings. The van der Waals surface area contributed by atoms with Crippen molar-refractivity contribution in [2.24, 2.45) is 0 Å². The molecule has 0 aliphatic heterocycles. The van der Waals surface area contributed by atoms with Crippen LogP contribution in [0.25, 0.3) is 0 Å². The Bertz CT molecular complexity index is 389. The molecule has 7 nitrogen and oxygen atoms in total. The van der Waals surface area contributed by atoms with Gasteiger partial charge in [-0.3, -0.25) is 10.1 Å². The van der Waals surface area contributed by atoms with Crippen molar-refractivity contribution in [2.75, 3.05) is 19.8 Å². The zero-order valence-electron chi connectivity index (χ0n) is 9.26. The molecule has 0 atom stereocenters. The number of nitro groups is 1. The Kier molecular flexibility index (Phi) is 5.58. The van der Waals surface area contributed by atoms with E-state index in [1.54, 1.807) is 0 Å². The van der Waals surface area contributed by atoms with E-state index in [2.05, 4.69) is 9.97 Å². The molecule has 94 valence electrons. The van der Waals surface area contributed by atoms with Gasteiger partial charge in [0.2, 0.25) is 5.15 Å². The van der Waals surface area contributed by atoms with Crippen LogP contribution in [-0.4, -0.2) is 34.7 Å². The van der Waals surface area contributed by atoms with Crippen LogP contribution in [-0.2, 0) is 4.74 Å². The molecule has 1 rings (SSSR count). The van der Waals surface area contributed by atoms with Gasteiger partial charge < -0.3 is 9.47 Å². The first kappa shape index (κ1) is 13.6. The molecular weight excluding hydrogens is 250 g/mol. The molecule has 1 aromatic rings. The van der Waals surface area contributed by atoms with Gasteiger partial charge in [0.1, 0.15) is 12.9 Å². The first-order chi connectivity index (χ1) is 8.16. The maximum Gasteiger partial charge on any atom is 0.367 e. The van der Waals surface area contributed by atoms with E-state index in [4.69, 9.17) is 21.1 Å². The fraction of sp³-hybridized carbons (Fsp3) is 0.556. The molecular formula is C9H12ClN3O4. The normalized spacial score (nSPS) is 10.2. The molecule has 0 radical (unpaired) electrons. The van der Waals surface area contributed by atoms with Crippen LogP contribution in [0.5, 0.6) is 5.88 Å². The molecule has 1 aromatic heterocycles. The van der Waals surface area contributed by atoms with E-state index < -0.39 is 10.6 Å². The van der Waals surface area contributed by atoms with Gasteiger partial charge >= 0.3 is 5.69 Å². The fourth-order valence-corrected chi connectivity index (χ4v) is 1.24. The average molecular weight is 262 g/mol. The molecule has 0 amide bonds. The van der Waals surface area contributed by atoms with Crippen molar-refractivity contribution in [3.63, 3.8) is 0 Å². The van der Waals surface area contributed by atoms with E-state index in [0.29, 0.717) is 13.2 Å². The largest absolute Gasteiger partial charge is 0.470 e. The standard InChI is InChI=1S/C9H12ClN3O4/c1-2-3-16-4-5-17-9-7(13(14)15)8(10)11-6-12-9/h6H,2-5H2,1H3. The number of aromatic nitrogens is 2. The minimum atomic E-state index is -0.676. The van der Waals surface area contributed by atoms with Crippen LogP contribution in [0.2, 0.25) is 5.15 Å². The van der Waals surface area contributed by atoms with E-state index in [1.807, 2.05) is 6.92 Å². The molecule has 0 saturated carbocycles. The van der Waals surface area contributed by atoms with Gasteiger partial charge in [0.15, 0.2) is 0 Å². The predicted octanol–water partition coefficient (Wildman–Crippen LogP) is 1.84. The van der Waals surface area contributed by atoms with E-state index in [-0.39, 0.29) is 17.6 Å². The Morgan fingerprint density at radius 2 is 2.18 bits per heavy atom. The van der Waals surface area contributed by atoms with Crippen LogP contribution >= 0.6 is 11.6 Å². The number of ether oxygens (including phenoxy) is 2. The SMILES string of the molecule is CCCOCCOc1ncnc(Cl)c1[N+](=O)[O-]. The smallest absolute Gasteiger partial charge is 0.367 e. The van der Waals surface area contributed by atoms with Gasteiger partial charge in [0.05, 0.1) is 11.5 Å². The molecule has 0 bridgehead atoms. The highest BCUT2D eigenvalue weighted by Gasteiger charge is 2.22. The Labute approximate surface area is 103 Å². The average Bonchev–Trinajstić information content (AvgIpc) is 2.28. The monoisotopic (exact) mass is 261 g/mol. The Balaban J connectivity index is 2.58. The highest BCUT2D eigenvalue weighted by Crippen LogP contribution is 2.29. The summed E-state index contributed by atoms with van der Waals surface area (Å²) in [6.07, 6.45) is 2.01. The first-order valence-electron chi connectivity index (χ1n) is 5.02. The molecule has 0 spiro atoms. The zero-order valence-corrected chi connectivity index (χ0v) is 10.0. The highest BCUT2D eigenvalue weighted by atomic mass is 35.5. The van der Waals surface area contributed by atoms with Crippen molar-refractivity contribution >= 4 is 17.3 Å². The Hall–Kier alpha value is -1.47. The van der Waals surface area contributed by atoms with Crippen molar-refractivity contribution in [3.8, 4) is 5.88 Å². The van der Waals surface area contributed by atoms with Gasteiger partial charge in [-0.1, -0.05) is 18.5 Å². The minimum Gasteiger partial charge on any atom is -0.470 e. The summed E-state index contributed by atoms with van der Waals surface area (Å²) in [5.41, 5.74) is -0.426. The third-order valence-electron chi connectivity index (χ3n) is 1.74. The van der Waals surface area contributed by atoms with Crippen molar-refractivity contribution in [3.05, 3.63) is 21.6 Å². The molecule has 0 unspecified atom stereocenters. The van der Waals surface area contributed by atoms with Gasteiger partial charge in [-0.05, 0) is 6.42 Å². The van der Waals surface area contributed by atoms with E-state index in [1.165, 1.54) is 0 Å². The van der Waals surface area contributed by atoms with E-state index in [9.17, 15) is 10.1 Å². The molecule has 17 heavy (non-hydrogen) atoms. The maximum absolute atomic E-state index is 10.7. The van der Waals surface area contributed by atoms with Gasteiger partial charge in [-0.25, -0.2) is 4.98 Å². The van der Waals surface area contributed by atoms with Gasteiger partial charge in [-0.15, -0.1) is 0 Å². The molecule has 0 aromatic carbocycles. The van der Waals surface area contributed by atoms with Crippen molar-refractivity contribution in [1.82, 2.24) is 9.97 Å². The number of hydrogen-bond donors (Lipinski definition) is 0. The summed E-state index contributed by atoms with van der Waals surface area (Å²) < 4.78 is 10.3. The van der Waals surface area contributed by atoms with Gasteiger partial charge in [0, 0.05) is 6.61 Å². The second kappa shape index (κ2) is 6.97. The lowest BCUT2D eigenvalue weighted by molar-refractivity contribution is -0.386. The summed E-state index contributed by atoms with van der Waals surface area (Å²) in [7, 11) is 0. The third kappa shape index (κ3) is 4.12. The Morgan fingerprint density at radius 3 is 2.82 bits per heavy atom. The molecule has 0 aliphatic rings. The maximum atomic E-state index is 10.7. The summed E-state index contributed by atoms with van der Waals surface area (Å²) in [6.45, 7) is 3.12. The number of halogens is 1. The van der Waals surface area contributed by atoms with Gasteiger partial charge in [0.25, 0.3) is 5.88 Å². The Morgan fingerprint density at radius 1 is 1.41 bits per heavy atom. The lowest BCUT2D eigenvalue weighted by atomic mass is 10.5. The molecule has 0 aliphatic carbocycles. The van der Waals surface area contributed by atoms with Crippen LogP contribution in [0.1, 0.15) is 13.3 Å². The summed E-state index contributed by atoms with van der Waals surface area (Å²) in [5, 5.41) is 10.5. The van der Waals surface area contributed by atoms with Crippen LogP contribution in [0.4, 0.5) is 5.69 Å². The van der Waals surface area contributed by atoms with Crippen LogP contribution in [0.3, 0.4) is 0 Å². The van der Waals surface area contributed by atoms with Crippen molar-refractivity contribution in [1.29, 1.82) is 0 Å². The summed E-state index contributed by atoms with van der Waals surface area (Å²) in [6, 6.07) is 0. The molecule has 8 heteroatoms. The molecule has 0 N–H and O–H groups in total. The van der Waals surface area contributed by atoms with Crippen LogP contribution in [0.15, 0.2) is 6.33 Å². The topological polar surface area (TPSA) is 87.4 Å². The lowest BCUT2D eigenvalue weighted by Crippen LogP contribution is -2.09. The van der Waals surface area contributed by atoms with Crippen LogP contribution < -0.4 is 4.74 Å². The van der Waals surface area contributed by atoms with Crippen molar-refractivity contribution < 1.29 is 14.4 Å². The summed E-state index contributed by atoms with van der Waals surface area (Å²) in [4.78, 5) is 17.2. The highest BCUT2D eigenvalue weighted by molar-refractivity contribution is 6.31. The molecule has 1 heterocycles. The predicted molar refractivity (Wildman–Crippen MR) is 60.3 cm³/mol. The van der Waals surface area contributed by atoms with E-state index >= 15 is 0 Å². The first-order valence-corrected chi connectivity index (χ1v) is 5.40. The minimum absolute atomic E-state index is 0.143. The number of nitrogens with zero attached hydrogens (tertiary/aromatic N) is 3. The third-order valence-corrected chi connectivity index (χ3v) is 2.02. The summed E-state index contributed by atoms with van der Waals surface area (Å²) in [5.74, 6) is -0.143. The fourth-order valence-electron chi connectivity index (χ4n) is 1.05. The van der Waals surface area contributed by atoms with Crippen LogP contribution in [0, 0.1) is 10.1 Å². The zero-order chi connectivity index (χ0) is 12.7. The lowest BCUT2D eigenvalue weighted by Gasteiger charge is -2.06. The number of rotatable bonds is 7. The van der Waals surface area contributed by atoms with Gasteiger partial charge in [-0.2, -0.15) is 4.98 Å². The second-order valence-electron chi connectivity index (χ2n) is 3.04. The summed E-state index contributed by atoms with van der Waals surface area (Å²) >= 11 is 5.58. The van der Waals surface area contributed by atoms with Crippen molar-refractivity contribution in [2.45, 2.75) is 13.3 Å². The number of hydrogen-bond acceptors (Lipinski definition) is 6.